The molecule has 1 rings (SSSR count). The lowest BCUT2D eigenvalue weighted by Gasteiger charge is -2.10. The van der Waals surface area contributed by atoms with Crippen LogP contribution in [0.1, 0.15) is 34.9 Å². The van der Waals surface area contributed by atoms with Gasteiger partial charge < -0.3 is 10.4 Å². The Bertz CT molecular complexity index is 578. The molecule has 1 aromatic rings. The second-order valence-electron chi connectivity index (χ2n) is 4.05. The van der Waals surface area contributed by atoms with E-state index >= 15 is 0 Å². The van der Waals surface area contributed by atoms with Crippen molar-refractivity contribution in [2.45, 2.75) is 19.4 Å². The number of rotatable bonds is 6. The van der Waals surface area contributed by atoms with Crippen LogP contribution in [0.4, 0.5) is 0 Å². The molecule has 1 amide bonds. The first-order valence-corrected chi connectivity index (χ1v) is 8.29. The predicted molar refractivity (Wildman–Crippen MR) is 70.0 cm³/mol. The van der Waals surface area contributed by atoms with Crippen LogP contribution < -0.4 is 5.32 Å². The van der Waals surface area contributed by atoms with Gasteiger partial charge in [-0.05, 0) is 6.92 Å². The molecule has 7 nitrogen and oxygen atoms in total. The van der Waals surface area contributed by atoms with Gasteiger partial charge in [0.15, 0.2) is 5.69 Å². The number of carbonyl (C=O) groups is 2. The van der Waals surface area contributed by atoms with E-state index in [4.69, 9.17) is 5.11 Å². The molecule has 1 atom stereocenters. The van der Waals surface area contributed by atoms with Crippen LogP contribution in [-0.2, 0) is 14.6 Å². The molecule has 19 heavy (non-hydrogen) atoms. The maximum Gasteiger partial charge on any atom is 0.355 e. The van der Waals surface area contributed by atoms with Crippen molar-refractivity contribution < 1.29 is 23.1 Å². The van der Waals surface area contributed by atoms with Gasteiger partial charge in [-0.25, -0.2) is 18.2 Å². The normalized spacial score (nSPS) is 12.9. The van der Waals surface area contributed by atoms with E-state index in [-0.39, 0.29) is 17.9 Å². The number of carboxylic acid groups (broad SMARTS) is 1. The van der Waals surface area contributed by atoms with Crippen LogP contribution in [0, 0.1) is 0 Å². The quantitative estimate of drug-likeness (QED) is 0.789. The van der Waals surface area contributed by atoms with Crippen LogP contribution in [0.2, 0.25) is 0 Å². The number of aromatic nitrogens is 1. The van der Waals surface area contributed by atoms with E-state index in [1.54, 1.807) is 6.92 Å². The molecule has 0 aliphatic carbocycles. The largest absolute Gasteiger partial charge is 0.476 e. The van der Waals surface area contributed by atoms with Gasteiger partial charge >= 0.3 is 5.97 Å². The van der Waals surface area contributed by atoms with Gasteiger partial charge in [-0.15, -0.1) is 11.3 Å². The average Bonchev–Trinajstić information content (AvgIpc) is 2.74. The molecule has 0 aromatic carbocycles. The minimum Gasteiger partial charge on any atom is -0.476 e. The van der Waals surface area contributed by atoms with Gasteiger partial charge in [0.1, 0.15) is 14.8 Å². The first-order chi connectivity index (χ1) is 8.69. The van der Waals surface area contributed by atoms with E-state index in [1.165, 1.54) is 5.38 Å². The molecule has 1 unspecified atom stereocenters. The Hall–Kier alpha value is -1.48. The molecule has 0 aliphatic rings. The van der Waals surface area contributed by atoms with Crippen molar-refractivity contribution in [3.05, 3.63) is 16.1 Å². The van der Waals surface area contributed by atoms with Crippen molar-refractivity contribution >= 4 is 33.1 Å². The second-order valence-corrected chi connectivity index (χ2v) is 7.19. The summed E-state index contributed by atoms with van der Waals surface area (Å²) in [6.45, 7) is 1.66. The topological polar surface area (TPSA) is 113 Å². The first-order valence-electron chi connectivity index (χ1n) is 5.35. The van der Waals surface area contributed by atoms with Crippen molar-refractivity contribution in [1.82, 2.24) is 10.3 Å². The summed E-state index contributed by atoms with van der Waals surface area (Å²) in [7, 11) is -3.18. The molecule has 0 bridgehead atoms. The summed E-state index contributed by atoms with van der Waals surface area (Å²) < 4.78 is 21.8. The van der Waals surface area contributed by atoms with E-state index in [0.29, 0.717) is 5.01 Å². The van der Waals surface area contributed by atoms with Crippen molar-refractivity contribution in [2.24, 2.45) is 0 Å². The fourth-order valence-corrected chi connectivity index (χ4v) is 2.59. The summed E-state index contributed by atoms with van der Waals surface area (Å²) in [6, 6.07) is -0.454. The minimum absolute atomic E-state index is 0.0720. The molecular formula is C10H14N2O5S2. The number of sulfone groups is 1. The number of aromatic carboxylic acids is 1. The Morgan fingerprint density at radius 2 is 2.16 bits per heavy atom. The maximum absolute atomic E-state index is 11.5. The van der Waals surface area contributed by atoms with Crippen molar-refractivity contribution in [3.8, 4) is 0 Å². The minimum atomic E-state index is -3.18. The Morgan fingerprint density at radius 1 is 1.53 bits per heavy atom. The van der Waals surface area contributed by atoms with Crippen LogP contribution in [0.15, 0.2) is 5.38 Å². The Labute approximate surface area is 114 Å². The predicted octanol–water partition coefficient (Wildman–Crippen LogP) is 0.453. The fourth-order valence-electron chi connectivity index (χ4n) is 1.24. The standard InChI is InChI=1S/C10H14N2O5S2/c1-6(9-12-7(5-18-9)10(14)15)11-8(13)3-4-19(2,16)17/h5-6H,3-4H2,1-2H3,(H,11,13)(H,14,15). The number of nitrogens with zero attached hydrogens (tertiary/aromatic N) is 1. The third-order valence-corrected chi connectivity index (χ3v) is 4.16. The number of amides is 1. The third kappa shape index (κ3) is 5.35. The third-order valence-electron chi connectivity index (χ3n) is 2.19. The Kier molecular flexibility index (Phi) is 5.01. The molecule has 0 spiro atoms. The van der Waals surface area contributed by atoms with Gasteiger partial charge in [0.2, 0.25) is 5.91 Å². The van der Waals surface area contributed by atoms with E-state index in [9.17, 15) is 18.0 Å². The van der Waals surface area contributed by atoms with E-state index in [2.05, 4.69) is 10.3 Å². The molecule has 1 heterocycles. The molecule has 0 fully saturated rings. The highest BCUT2D eigenvalue weighted by atomic mass is 32.2. The Balaban J connectivity index is 2.56. The van der Waals surface area contributed by atoms with Crippen LogP contribution in [0.3, 0.4) is 0 Å². The highest BCUT2D eigenvalue weighted by Crippen LogP contribution is 2.18. The summed E-state index contributed by atoms with van der Waals surface area (Å²) in [5.41, 5.74) is -0.0720. The van der Waals surface area contributed by atoms with Crippen LogP contribution in [0.5, 0.6) is 0 Å². The number of nitrogens with one attached hydrogen (secondary N) is 1. The zero-order chi connectivity index (χ0) is 14.6. The molecule has 106 valence electrons. The monoisotopic (exact) mass is 306 g/mol. The molecule has 1 aromatic heterocycles. The van der Waals surface area contributed by atoms with Crippen LogP contribution in [-0.4, -0.2) is 42.4 Å². The summed E-state index contributed by atoms with van der Waals surface area (Å²) in [5, 5.41) is 13.1. The number of carbonyl (C=O) groups excluding carboxylic acids is 1. The highest BCUT2D eigenvalue weighted by Gasteiger charge is 2.16. The van der Waals surface area contributed by atoms with Crippen molar-refractivity contribution in [1.29, 1.82) is 0 Å². The molecule has 0 radical (unpaired) electrons. The van der Waals surface area contributed by atoms with Gasteiger partial charge in [-0.1, -0.05) is 0 Å². The van der Waals surface area contributed by atoms with E-state index in [1.807, 2.05) is 0 Å². The number of hydrogen-bond acceptors (Lipinski definition) is 6. The maximum atomic E-state index is 11.5. The van der Waals surface area contributed by atoms with Gasteiger partial charge in [0, 0.05) is 18.1 Å². The van der Waals surface area contributed by atoms with Gasteiger partial charge in [-0.2, -0.15) is 0 Å². The summed E-state index contributed by atoms with van der Waals surface area (Å²) >= 11 is 1.13. The fraction of sp³-hybridized carbons (Fsp3) is 0.500. The summed E-state index contributed by atoms with van der Waals surface area (Å²) in [4.78, 5) is 26.0. The summed E-state index contributed by atoms with van der Waals surface area (Å²) in [5.74, 6) is -1.76. The summed E-state index contributed by atoms with van der Waals surface area (Å²) in [6.07, 6.45) is 0.935. The number of thiazole rings is 1. The molecule has 0 saturated heterocycles. The van der Waals surface area contributed by atoms with Crippen LogP contribution in [0.25, 0.3) is 0 Å². The molecule has 9 heteroatoms. The van der Waals surface area contributed by atoms with Gasteiger partial charge in [0.05, 0.1) is 11.8 Å². The molecule has 0 aliphatic heterocycles. The lowest BCUT2D eigenvalue weighted by atomic mass is 10.3. The smallest absolute Gasteiger partial charge is 0.355 e. The van der Waals surface area contributed by atoms with Crippen molar-refractivity contribution in [3.63, 3.8) is 0 Å². The lowest BCUT2D eigenvalue weighted by molar-refractivity contribution is -0.121. The SMILES string of the molecule is CC(NC(=O)CCS(C)(=O)=O)c1nc(C(=O)O)cs1. The van der Waals surface area contributed by atoms with Gasteiger partial charge in [0.25, 0.3) is 0 Å². The second kappa shape index (κ2) is 6.11. The zero-order valence-corrected chi connectivity index (χ0v) is 12.0. The highest BCUT2D eigenvalue weighted by molar-refractivity contribution is 7.90. The average molecular weight is 306 g/mol. The molecule has 0 saturated carbocycles. The number of hydrogen-bond donors (Lipinski definition) is 2. The zero-order valence-electron chi connectivity index (χ0n) is 10.4. The molecular weight excluding hydrogens is 292 g/mol. The molecule has 2 N–H and O–H groups in total. The van der Waals surface area contributed by atoms with E-state index in [0.717, 1.165) is 17.6 Å². The number of carboxylic acids is 1. The Morgan fingerprint density at radius 3 is 2.63 bits per heavy atom. The van der Waals surface area contributed by atoms with Crippen molar-refractivity contribution in [2.75, 3.05) is 12.0 Å². The first kappa shape index (κ1) is 15.6. The van der Waals surface area contributed by atoms with E-state index < -0.39 is 27.8 Å². The van der Waals surface area contributed by atoms with Crippen LogP contribution >= 0.6 is 11.3 Å². The lowest BCUT2D eigenvalue weighted by Crippen LogP contribution is -2.28. The van der Waals surface area contributed by atoms with Gasteiger partial charge in [-0.3, -0.25) is 4.79 Å².